The SMILES string of the molecule is c1ccc(-c2cc(-c3ccccc3)cc(-n3c4cc(-c5cccc(-c6nc7ccccc7n6-c6ccccc6)c5)cc5c4c4c(cc(-c6cccc(-c7nc8ccccc8n7-c7ccccc7)c6)cc43)CC5)c2)cc1. The minimum atomic E-state index is 0.922. The number of aryl methyl sites for hydroxylation is 2. The van der Waals surface area contributed by atoms with Crippen molar-refractivity contribution >= 4 is 43.9 Å². The van der Waals surface area contributed by atoms with E-state index in [0.717, 1.165) is 85.9 Å². The van der Waals surface area contributed by atoms with E-state index in [1.54, 1.807) is 0 Å². The first-order chi connectivity index (χ1) is 37.2. The Kier molecular flexibility index (Phi) is 9.95. The van der Waals surface area contributed by atoms with Crippen LogP contribution >= 0.6 is 0 Å². The summed E-state index contributed by atoms with van der Waals surface area (Å²) in [6.07, 6.45) is 1.87. The topological polar surface area (TPSA) is 40.6 Å². The number of imidazole rings is 2. The molecule has 1 aliphatic carbocycles. The molecule has 0 unspecified atom stereocenters. The summed E-state index contributed by atoms with van der Waals surface area (Å²) in [6.45, 7) is 0. The van der Waals surface area contributed by atoms with E-state index in [9.17, 15) is 0 Å². The second-order valence-corrected chi connectivity index (χ2v) is 19.7. The molecule has 0 N–H and O–H groups in total. The van der Waals surface area contributed by atoms with E-state index >= 15 is 0 Å². The van der Waals surface area contributed by atoms with E-state index in [0.29, 0.717) is 0 Å². The van der Waals surface area contributed by atoms with Crippen molar-refractivity contribution in [3.8, 4) is 84.3 Å². The first-order valence-electron chi connectivity index (χ1n) is 25.8. The van der Waals surface area contributed by atoms with E-state index in [2.05, 4.69) is 275 Å². The van der Waals surface area contributed by atoms with Crippen molar-refractivity contribution in [2.75, 3.05) is 0 Å². The molecule has 0 saturated heterocycles. The van der Waals surface area contributed by atoms with Crippen LogP contribution in [-0.2, 0) is 12.8 Å². The maximum absolute atomic E-state index is 5.27. The van der Waals surface area contributed by atoms with Crippen LogP contribution in [0, 0.1) is 0 Å². The zero-order valence-electron chi connectivity index (χ0n) is 41.0. The Morgan fingerprint density at radius 2 is 0.600 bits per heavy atom. The lowest BCUT2D eigenvalue weighted by Gasteiger charge is -2.17. The van der Waals surface area contributed by atoms with Gasteiger partial charge in [0.1, 0.15) is 11.6 Å². The molecule has 0 atom stereocenters. The molecule has 5 nitrogen and oxygen atoms in total. The molecule has 5 heteroatoms. The Balaban J connectivity index is 0.960. The Labute approximate surface area is 434 Å². The number of fused-ring (bicyclic) bond motifs is 2. The third kappa shape index (κ3) is 7.23. The van der Waals surface area contributed by atoms with Crippen LogP contribution in [0.5, 0.6) is 0 Å². The monoisotopic (exact) mass is 957 g/mol. The molecular weight excluding hydrogens is 911 g/mol. The van der Waals surface area contributed by atoms with Gasteiger partial charge in [0.2, 0.25) is 0 Å². The molecular formula is C70H47N5. The van der Waals surface area contributed by atoms with Gasteiger partial charge in [-0.15, -0.1) is 0 Å². The highest BCUT2D eigenvalue weighted by Gasteiger charge is 2.26. The zero-order valence-corrected chi connectivity index (χ0v) is 41.0. The van der Waals surface area contributed by atoms with Crippen molar-refractivity contribution in [3.63, 3.8) is 0 Å². The maximum atomic E-state index is 5.27. The fraction of sp³-hybridized carbons (Fsp3) is 0.0286. The van der Waals surface area contributed by atoms with E-state index < -0.39 is 0 Å². The van der Waals surface area contributed by atoms with Gasteiger partial charge in [-0.3, -0.25) is 9.13 Å². The van der Waals surface area contributed by atoms with Gasteiger partial charge >= 0.3 is 0 Å². The second kappa shape index (κ2) is 17.4. The first kappa shape index (κ1) is 42.8. The number of para-hydroxylation sites is 6. The number of benzene rings is 11. The van der Waals surface area contributed by atoms with E-state index in [4.69, 9.17) is 9.97 Å². The molecule has 0 bridgehead atoms. The van der Waals surface area contributed by atoms with Crippen LogP contribution in [0.1, 0.15) is 11.1 Å². The Bertz CT molecular complexity index is 4220. The highest BCUT2D eigenvalue weighted by molar-refractivity contribution is 6.15. The van der Waals surface area contributed by atoms with Crippen LogP contribution in [0.15, 0.2) is 261 Å². The van der Waals surface area contributed by atoms with Crippen molar-refractivity contribution in [1.82, 2.24) is 23.7 Å². The third-order valence-corrected chi connectivity index (χ3v) is 15.2. The van der Waals surface area contributed by atoms with Gasteiger partial charge in [-0.2, -0.15) is 0 Å². The molecule has 0 saturated carbocycles. The van der Waals surface area contributed by atoms with Crippen LogP contribution in [0.25, 0.3) is 128 Å². The summed E-state index contributed by atoms with van der Waals surface area (Å²) >= 11 is 0. The van der Waals surface area contributed by atoms with Crippen molar-refractivity contribution in [2.45, 2.75) is 12.8 Å². The molecule has 1 aliphatic rings. The smallest absolute Gasteiger partial charge is 0.145 e. The predicted octanol–water partition coefficient (Wildman–Crippen LogP) is 17.6. The molecule has 3 heterocycles. The maximum Gasteiger partial charge on any atom is 0.145 e. The molecule has 11 aromatic carbocycles. The van der Waals surface area contributed by atoms with Crippen molar-refractivity contribution in [1.29, 1.82) is 0 Å². The predicted molar refractivity (Wildman–Crippen MR) is 310 cm³/mol. The number of nitrogens with zero attached hydrogens (tertiary/aromatic N) is 5. The van der Waals surface area contributed by atoms with Crippen molar-refractivity contribution in [3.05, 3.63) is 272 Å². The Morgan fingerprint density at radius 1 is 0.240 bits per heavy atom. The number of rotatable bonds is 9. The van der Waals surface area contributed by atoms with Gasteiger partial charge in [0.25, 0.3) is 0 Å². The van der Waals surface area contributed by atoms with Crippen LogP contribution < -0.4 is 0 Å². The average molecular weight is 958 g/mol. The second-order valence-electron chi connectivity index (χ2n) is 19.7. The van der Waals surface area contributed by atoms with Gasteiger partial charge in [-0.25, -0.2) is 9.97 Å². The Morgan fingerprint density at radius 3 is 1.05 bits per heavy atom. The molecule has 0 aliphatic heterocycles. The van der Waals surface area contributed by atoms with Crippen LogP contribution in [0.4, 0.5) is 0 Å². The van der Waals surface area contributed by atoms with Crippen LogP contribution in [-0.4, -0.2) is 23.7 Å². The zero-order chi connectivity index (χ0) is 49.4. The summed E-state index contributed by atoms with van der Waals surface area (Å²) in [4.78, 5) is 10.5. The third-order valence-electron chi connectivity index (χ3n) is 15.2. The highest BCUT2D eigenvalue weighted by atomic mass is 15.1. The summed E-state index contributed by atoms with van der Waals surface area (Å²) in [5.74, 6) is 1.84. The fourth-order valence-corrected chi connectivity index (χ4v) is 11.8. The molecule has 0 spiro atoms. The summed E-state index contributed by atoms with van der Waals surface area (Å²) in [5, 5.41) is 2.67. The van der Waals surface area contributed by atoms with Gasteiger partial charge in [-0.1, -0.05) is 170 Å². The van der Waals surface area contributed by atoms with E-state index in [-0.39, 0.29) is 0 Å². The van der Waals surface area contributed by atoms with Gasteiger partial charge in [0, 0.05) is 39.0 Å². The number of aromatic nitrogens is 5. The minimum Gasteiger partial charge on any atom is -0.309 e. The summed E-state index contributed by atoms with van der Waals surface area (Å²) < 4.78 is 7.14. The summed E-state index contributed by atoms with van der Waals surface area (Å²) in [7, 11) is 0. The molecule has 352 valence electrons. The molecule has 14 aromatic rings. The van der Waals surface area contributed by atoms with Gasteiger partial charge < -0.3 is 4.57 Å². The lowest BCUT2D eigenvalue weighted by Crippen LogP contribution is -2.00. The van der Waals surface area contributed by atoms with Gasteiger partial charge in [0.15, 0.2) is 0 Å². The molecule has 75 heavy (non-hydrogen) atoms. The Hall–Kier alpha value is -9.84. The molecule has 0 fully saturated rings. The van der Waals surface area contributed by atoms with Gasteiger partial charge in [-0.05, 0) is 159 Å². The molecule has 15 rings (SSSR count). The minimum absolute atomic E-state index is 0.922. The van der Waals surface area contributed by atoms with E-state index in [1.165, 1.54) is 66.3 Å². The normalized spacial score (nSPS) is 12.2. The highest BCUT2D eigenvalue weighted by Crippen LogP contribution is 2.46. The van der Waals surface area contributed by atoms with Crippen LogP contribution in [0.2, 0.25) is 0 Å². The standard InChI is InChI=1S/C70H47N5/c1-5-19-46(20-6-1)54-41-55(47-21-7-2-8-22-47)43-60(42-54)73-65-44-56(48-23-17-25-52(37-48)69-71-61-31-13-15-33-63(61)74(69)58-27-9-3-10-28-58)39-50-35-36-51-40-57(45-66(73)68(51)67(50)65)49-24-18-26-53(38-49)70-72-62-32-14-16-34-64(62)75(70)59-29-11-4-12-30-59/h1-34,37-45H,35-36H2. The number of hydrogen-bond donors (Lipinski definition) is 0. The lowest BCUT2D eigenvalue weighted by atomic mass is 9.87. The lowest BCUT2D eigenvalue weighted by molar-refractivity contribution is 0.970. The van der Waals surface area contributed by atoms with Gasteiger partial charge in [0.05, 0.1) is 33.1 Å². The molecule has 0 amide bonds. The quantitative estimate of drug-likeness (QED) is 0.145. The first-order valence-corrected chi connectivity index (χ1v) is 25.8. The molecule has 3 aromatic heterocycles. The van der Waals surface area contributed by atoms with E-state index in [1.807, 2.05) is 0 Å². The molecule has 0 radical (unpaired) electrons. The van der Waals surface area contributed by atoms with Crippen molar-refractivity contribution < 1.29 is 0 Å². The fourth-order valence-electron chi connectivity index (χ4n) is 11.8. The average Bonchev–Trinajstić information content (AvgIpc) is 4.25. The summed E-state index contributed by atoms with van der Waals surface area (Å²) in [6, 6.07) is 94.5. The number of hydrogen-bond acceptors (Lipinski definition) is 2. The summed E-state index contributed by atoms with van der Waals surface area (Å²) in [5.41, 5.74) is 24.1. The van der Waals surface area contributed by atoms with Crippen LogP contribution in [0.3, 0.4) is 0 Å². The largest absolute Gasteiger partial charge is 0.309 e. The van der Waals surface area contributed by atoms with Crippen molar-refractivity contribution in [2.24, 2.45) is 0 Å².